The lowest BCUT2D eigenvalue weighted by Gasteiger charge is -2.08. The van der Waals surface area contributed by atoms with Crippen LogP contribution in [0, 0.1) is 6.92 Å². The highest BCUT2D eigenvalue weighted by molar-refractivity contribution is 6.30. The largest absolute Gasteiger partial charge is 0.399 e. The van der Waals surface area contributed by atoms with Crippen molar-refractivity contribution in [3.63, 3.8) is 0 Å². The van der Waals surface area contributed by atoms with Crippen LogP contribution >= 0.6 is 11.6 Å². The van der Waals surface area contributed by atoms with E-state index >= 15 is 0 Å². The summed E-state index contributed by atoms with van der Waals surface area (Å²) >= 11 is 5.91. The highest BCUT2D eigenvalue weighted by Gasteiger charge is 1.98. The van der Waals surface area contributed by atoms with Crippen LogP contribution in [-0.4, -0.2) is 0 Å². The Kier molecular flexibility index (Phi) is 3.02. The van der Waals surface area contributed by atoms with Crippen molar-refractivity contribution in [1.29, 1.82) is 0 Å². The van der Waals surface area contributed by atoms with Crippen molar-refractivity contribution >= 4 is 28.7 Å². The quantitative estimate of drug-likeness (QED) is 0.769. The van der Waals surface area contributed by atoms with E-state index in [1.807, 2.05) is 49.4 Å². The average Bonchev–Trinajstić information content (AvgIpc) is 2.15. The van der Waals surface area contributed by atoms with Crippen LogP contribution in [0.5, 0.6) is 0 Å². The van der Waals surface area contributed by atoms with Gasteiger partial charge in [-0.3, -0.25) is 0 Å². The summed E-state index contributed by atoms with van der Waals surface area (Å²) in [6.07, 6.45) is 0. The zero-order valence-corrected chi connectivity index (χ0v) is 9.75. The molecule has 0 spiro atoms. The number of nitrogens with one attached hydrogen (secondary N) is 1. The number of hydrogen-bond donors (Lipinski definition) is 2. The Balaban J connectivity index is 2.27. The minimum Gasteiger partial charge on any atom is -0.399 e. The first kappa shape index (κ1) is 10.8. The molecule has 0 aliphatic rings. The summed E-state index contributed by atoms with van der Waals surface area (Å²) in [5.41, 5.74) is 9.59. The zero-order chi connectivity index (χ0) is 11.5. The highest BCUT2D eigenvalue weighted by atomic mass is 35.5. The molecule has 0 bridgehead atoms. The maximum Gasteiger partial charge on any atom is 0.0426 e. The lowest BCUT2D eigenvalue weighted by atomic mass is 10.2. The molecule has 0 atom stereocenters. The molecule has 0 fully saturated rings. The number of rotatable bonds is 2. The van der Waals surface area contributed by atoms with Crippen LogP contribution in [-0.2, 0) is 0 Å². The van der Waals surface area contributed by atoms with Crippen LogP contribution < -0.4 is 11.1 Å². The molecule has 82 valence electrons. The monoisotopic (exact) mass is 232 g/mol. The smallest absolute Gasteiger partial charge is 0.0426 e. The van der Waals surface area contributed by atoms with Gasteiger partial charge in [0.25, 0.3) is 0 Å². The molecule has 0 saturated carbocycles. The van der Waals surface area contributed by atoms with Crippen LogP contribution in [0.1, 0.15) is 5.56 Å². The van der Waals surface area contributed by atoms with Crippen molar-refractivity contribution in [3.05, 3.63) is 53.1 Å². The normalized spacial score (nSPS) is 10.1. The maximum atomic E-state index is 5.91. The van der Waals surface area contributed by atoms with E-state index in [0.29, 0.717) is 5.02 Å². The summed E-state index contributed by atoms with van der Waals surface area (Å²) in [5, 5.41) is 3.98. The number of hydrogen-bond acceptors (Lipinski definition) is 2. The maximum absolute atomic E-state index is 5.91. The van der Waals surface area contributed by atoms with Crippen molar-refractivity contribution in [2.45, 2.75) is 6.92 Å². The predicted molar refractivity (Wildman–Crippen MR) is 70.3 cm³/mol. The molecule has 0 saturated heterocycles. The van der Waals surface area contributed by atoms with Gasteiger partial charge in [-0.1, -0.05) is 17.7 Å². The summed E-state index contributed by atoms with van der Waals surface area (Å²) in [7, 11) is 0. The number of benzene rings is 2. The van der Waals surface area contributed by atoms with Crippen molar-refractivity contribution in [3.8, 4) is 0 Å². The molecule has 2 aromatic carbocycles. The van der Waals surface area contributed by atoms with Gasteiger partial charge in [0.15, 0.2) is 0 Å². The van der Waals surface area contributed by atoms with E-state index in [1.165, 1.54) is 0 Å². The van der Waals surface area contributed by atoms with Gasteiger partial charge in [-0.15, -0.1) is 0 Å². The topological polar surface area (TPSA) is 38.0 Å². The van der Waals surface area contributed by atoms with Gasteiger partial charge in [-0.25, -0.2) is 0 Å². The van der Waals surface area contributed by atoms with E-state index in [9.17, 15) is 0 Å². The van der Waals surface area contributed by atoms with E-state index in [1.54, 1.807) is 0 Å². The standard InChI is InChI=1S/C13H13ClN2/c1-9-5-11(15)8-13(6-9)16-12-4-2-3-10(14)7-12/h2-8,16H,15H2,1H3. The summed E-state index contributed by atoms with van der Waals surface area (Å²) in [4.78, 5) is 0. The second-order valence-corrected chi connectivity index (χ2v) is 4.20. The molecule has 0 aliphatic carbocycles. The molecule has 2 rings (SSSR count). The third-order valence-electron chi connectivity index (χ3n) is 2.21. The molecular weight excluding hydrogens is 220 g/mol. The first-order valence-electron chi connectivity index (χ1n) is 5.03. The zero-order valence-electron chi connectivity index (χ0n) is 9.00. The fraction of sp³-hybridized carbons (Fsp3) is 0.0769. The van der Waals surface area contributed by atoms with Gasteiger partial charge in [-0.05, 0) is 48.9 Å². The third-order valence-corrected chi connectivity index (χ3v) is 2.45. The van der Waals surface area contributed by atoms with Gasteiger partial charge in [0.2, 0.25) is 0 Å². The Morgan fingerprint density at radius 3 is 2.56 bits per heavy atom. The number of anilines is 3. The number of nitrogen functional groups attached to an aromatic ring is 1. The second-order valence-electron chi connectivity index (χ2n) is 3.77. The molecule has 16 heavy (non-hydrogen) atoms. The van der Waals surface area contributed by atoms with E-state index in [0.717, 1.165) is 22.6 Å². The summed E-state index contributed by atoms with van der Waals surface area (Å²) in [6, 6.07) is 13.5. The van der Waals surface area contributed by atoms with E-state index < -0.39 is 0 Å². The molecule has 0 aliphatic heterocycles. The van der Waals surface area contributed by atoms with Gasteiger partial charge in [0.05, 0.1) is 0 Å². The third kappa shape index (κ3) is 2.67. The summed E-state index contributed by atoms with van der Waals surface area (Å²) in [5.74, 6) is 0. The Labute approximate surface area is 100 Å². The molecule has 0 amide bonds. The van der Waals surface area contributed by atoms with Crippen LogP contribution in [0.4, 0.5) is 17.1 Å². The van der Waals surface area contributed by atoms with E-state index in [-0.39, 0.29) is 0 Å². The number of halogens is 1. The average molecular weight is 233 g/mol. The molecule has 3 N–H and O–H groups in total. The van der Waals surface area contributed by atoms with Crippen LogP contribution in [0.2, 0.25) is 5.02 Å². The van der Waals surface area contributed by atoms with Crippen molar-refractivity contribution < 1.29 is 0 Å². The minimum absolute atomic E-state index is 0.714. The lowest BCUT2D eigenvalue weighted by molar-refractivity contribution is 1.45. The Morgan fingerprint density at radius 1 is 1.06 bits per heavy atom. The molecule has 0 aromatic heterocycles. The van der Waals surface area contributed by atoms with Gasteiger partial charge in [0.1, 0.15) is 0 Å². The SMILES string of the molecule is Cc1cc(N)cc(Nc2cccc(Cl)c2)c1. The number of aryl methyl sites for hydroxylation is 1. The fourth-order valence-corrected chi connectivity index (χ4v) is 1.81. The summed E-state index contributed by atoms with van der Waals surface area (Å²) in [6.45, 7) is 2.01. The lowest BCUT2D eigenvalue weighted by Crippen LogP contribution is -1.93. The highest BCUT2D eigenvalue weighted by Crippen LogP contribution is 2.22. The van der Waals surface area contributed by atoms with Crippen LogP contribution in [0.3, 0.4) is 0 Å². The van der Waals surface area contributed by atoms with E-state index in [4.69, 9.17) is 17.3 Å². The van der Waals surface area contributed by atoms with Gasteiger partial charge >= 0.3 is 0 Å². The Bertz CT molecular complexity index is 489. The van der Waals surface area contributed by atoms with Gasteiger partial charge < -0.3 is 11.1 Å². The molecule has 2 aromatic rings. The van der Waals surface area contributed by atoms with Gasteiger partial charge in [-0.2, -0.15) is 0 Å². The summed E-state index contributed by atoms with van der Waals surface area (Å²) < 4.78 is 0. The fourth-order valence-electron chi connectivity index (χ4n) is 1.62. The van der Waals surface area contributed by atoms with Crippen LogP contribution in [0.15, 0.2) is 42.5 Å². The number of nitrogens with two attached hydrogens (primary N) is 1. The van der Waals surface area contributed by atoms with Crippen molar-refractivity contribution in [1.82, 2.24) is 0 Å². The molecular formula is C13H13ClN2. The predicted octanol–water partition coefficient (Wildman–Crippen LogP) is 3.97. The molecule has 0 heterocycles. The van der Waals surface area contributed by atoms with Crippen LogP contribution in [0.25, 0.3) is 0 Å². The first-order chi connectivity index (χ1) is 7.63. The molecule has 0 unspecified atom stereocenters. The minimum atomic E-state index is 0.714. The van der Waals surface area contributed by atoms with Gasteiger partial charge in [0, 0.05) is 22.1 Å². The molecule has 2 nitrogen and oxygen atoms in total. The molecule has 0 radical (unpaired) electrons. The van der Waals surface area contributed by atoms with Crippen molar-refractivity contribution in [2.24, 2.45) is 0 Å². The Hall–Kier alpha value is -1.67. The van der Waals surface area contributed by atoms with E-state index in [2.05, 4.69) is 5.32 Å². The van der Waals surface area contributed by atoms with Crippen molar-refractivity contribution in [2.75, 3.05) is 11.1 Å². The molecule has 3 heteroatoms. The second kappa shape index (κ2) is 4.45. The Morgan fingerprint density at radius 2 is 1.88 bits per heavy atom. The first-order valence-corrected chi connectivity index (χ1v) is 5.41.